The molecule has 1 heterocycles. The van der Waals surface area contributed by atoms with Gasteiger partial charge in [-0.15, -0.1) is 0 Å². The van der Waals surface area contributed by atoms with Crippen LogP contribution in [0.5, 0.6) is 6.01 Å². The highest BCUT2D eigenvalue weighted by atomic mass is 16.5. The molecule has 0 unspecified atom stereocenters. The number of nitrogens with zero attached hydrogens (tertiary/aromatic N) is 2. The molecule has 0 aliphatic heterocycles. The van der Waals surface area contributed by atoms with Crippen LogP contribution in [0, 0.1) is 0 Å². The largest absolute Gasteiger partial charge is 0.462 e. The van der Waals surface area contributed by atoms with Gasteiger partial charge in [0.15, 0.2) is 0 Å². The van der Waals surface area contributed by atoms with Gasteiger partial charge in [0.2, 0.25) is 0 Å². The zero-order chi connectivity index (χ0) is 9.97. The standard InChI is InChI=1S/C10H12N2O2/c1-12-9-5-3-2-4-8(9)11-10(12)14-7-6-13/h2-5,13H,6-7H2,1H3. The van der Waals surface area contributed by atoms with E-state index in [0.717, 1.165) is 11.0 Å². The van der Waals surface area contributed by atoms with Crippen molar-refractivity contribution in [3.8, 4) is 6.01 Å². The van der Waals surface area contributed by atoms with Crippen molar-refractivity contribution in [3.63, 3.8) is 0 Å². The van der Waals surface area contributed by atoms with Gasteiger partial charge >= 0.3 is 0 Å². The number of fused-ring (bicyclic) bond motifs is 1. The maximum atomic E-state index is 8.63. The zero-order valence-electron chi connectivity index (χ0n) is 7.97. The van der Waals surface area contributed by atoms with E-state index in [1.807, 2.05) is 35.9 Å². The van der Waals surface area contributed by atoms with Crippen molar-refractivity contribution >= 4 is 11.0 Å². The molecule has 0 radical (unpaired) electrons. The molecule has 2 rings (SSSR count). The highest BCUT2D eigenvalue weighted by Crippen LogP contribution is 2.18. The number of hydrogen-bond donors (Lipinski definition) is 1. The van der Waals surface area contributed by atoms with E-state index in [1.165, 1.54) is 0 Å². The summed E-state index contributed by atoms with van der Waals surface area (Å²) in [5.41, 5.74) is 1.93. The summed E-state index contributed by atoms with van der Waals surface area (Å²) in [6, 6.07) is 8.35. The second kappa shape index (κ2) is 3.67. The highest BCUT2D eigenvalue weighted by Gasteiger charge is 2.06. The van der Waals surface area contributed by atoms with E-state index in [4.69, 9.17) is 9.84 Å². The molecule has 0 saturated carbocycles. The van der Waals surface area contributed by atoms with Crippen LogP contribution in [-0.4, -0.2) is 27.9 Å². The number of benzene rings is 1. The lowest BCUT2D eigenvalue weighted by Crippen LogP contribution is -2.05. The summed E-state index contributed by atoms with van der Waals surface area (Å²) in [5, 5.41) is 8.63. The molecule has 0 aliphatic carbocycles. The number of aryl methyl sites for hydroxylation is 1. The van der Waals surface area contributed by atoms with Gasteiger partial charge in [0.05, 0.1) is 17.6 Å². The van der Waals surface area contributed by atoms with Crippen LogP contribution in [0.1, 0.15) is 0 Å². The van der Waals surface area contributed by atoms with Gasteiger partial charge in [0, 0.05) is 7.05 Å². The number of para-hydroxylation sites is 2. The summed E-state index contributed by atoms with van der Waals surface area (Å²) in [5.74, 6) is 0. The average molecular weight is 192 g/mol. The molecule has 0 aliphatic rings. The van der Waals surface area contributed by atoms with Gasteiger partial charge < -0.3 is 9.84 Å². The Kier molecular flexibility index (Phi) is 2.37. The predicted octanol–water partition coefficient (Wildman–Crippen LogP) is 0.944. The first-order valence-corrected chi connectivity index (χ1v) is 4.48. The Morgan fingerprint density at radius 2 is 2.21 bits per heavy atom. The van der Waals surface area contributed by atoms with Crippen molar-refractivity contribution in [2.45, 2.75) is 0 Å². The predicted molar refractivity (Wildman–Crippen MR) is 53.3 cm³/mol. The van der Waals surface area contributed by atoms with Crippen molar-refractivity contribution in [1.29, 1.82) is 0 Å². The second-order valence-corrected chi connectivity index (χ2v) is 3.01. The van der Waals surface area contributed by atoms with E-state index in [-0.39, 0.29) is 13.2 Å². The minimum Gasteiger partial charge on any atom is -0.462 e. The third kappa shape index (κ3) is 1.44. The normalized spacial score (nSPS) is 10.7. The van der Waals surface area contributed by atoms with Crippen LogP contribution in [0.3, 0.4) is 0 Å². The molecule has 2 aromatic rings. The van der Waals surface area contributed by atoms with Gasteiger partial charge in [-0.05, 0) is 12.1 Å². The molecule has 4 heteroatoms. The molecule has 0 fully saturated rings. The fourth-order valence-electron chi connectivity index (χ4n) is 1.39. The zero-order valence-corrected chi connectivity index (χ0v) is 7.97. The lowest BCUT2D eigenvalue weighted by Gasteiger charge is -2.02. The van der Waals surface area contributed by atoms with E-state index in [9.17, 15) is 0 Å². The van der Waals surface area contributed by atoms with Gasteiger partial charge in [-0.25, -0.2) is 0 Å². The van der Waals surface area contributed by atoms with Crippen molar-refractivity contribution in [2.75, 3.05) is 13.2 Å². The monoisotopic (exact) mass is 192 g/mol. The van der Waals surface area contributed by atoms with Gasteiger partial charge in [0.1, 0.15) is 6.61 Å². The van der Waals surface area contributed by atoms with Gasteiger partial charge in [-0.3, -0.25) is 4.57 Å². The Morgan fingerprint density at radius 3 is 2.93 bits per heavy atom. The minimum atomic E-state index is 0.00318. The van der Waals surface area contributed by atoms with Crippen LogP contribution in [0.4, 0.5) is 0 Å². The number of aliphatic hydroxyl groups excluding tert-OH is 1. The number of rotatable bonds is 3. The minimum absolute atomic E-state index is 0.00318. The Balaban J connectivity index is 2.41. The van der Waals surface area contributed by atoms with Crippen LogP contribution in [-0.2, 0) is 7.05 Å². The highest BCUT2D eigenvalue weighted by molar-refractivity contribution is 5.76. The van der Waals surface area contributed by atoms with Crippen molar-refractivity contribution in [1.82, 2.24) is 9.55 Å². The van der Waals surface area contributed by atoms with Crippen LogP contribution >= 0.6 is 0 Å². The lowest BCUT2D eigenvalue weighted by atomic mass is 10.3. The third-order valence-electron chi connectivity index (χ3n) is 2.07. The van der Waals surface area contributed by atoms with Crippen molar-refractivity contribution < 1.29 is 9.84 Å². The van der Waals surface area contributed by atoms with E-state index in [0.29, 0.717) is 6.01 Å². The number of aliphatic hydroxyl groups is 1. The molecule has 0 bridgehead atoms. The maximum Gasteiger partial charge on any atom is 0.297 e. The molecule has 74 valence electrons. The lowest BCUT2D eigenvalue weighted by molar-refractivity contribution is 0.188. The van der Waals surface area contributed by atoms with Crippen LogP contribution in [0.15, 0.2) is 24.3 Å². The molecule has 0 spiro atoms. The maximum absolute atomic E-state index is 8.63. The Morgan fingerprint density at radius 1 is 1.43 bits per heavy atom. The SMILES string of the molecule is Cn1c(OCCO)nc2ccccc21. The van der Waals surface area contributed by atoms with E-state index in [1.54, 1.807) is 0 Å². The molecule has 0 saturated heterocycles. The van der Waals surface area contributed by atoms with Gasteiger partial charge in [0.25, 0.3) is 6.01 Å². The van der Waals surface area contributed by atoms with E-state index in [2.05, 4.69) is 4.98 Å². The summed E-state index contributed by atoms with van der Waals surface area (Å²) >= 11 is 0. The molecule has 1 N–H and O–H groups in total. The van der Waals surface area contributed by atoms with Crippen LogP contribution in [0.2, 0.25) is 0 Å². The van der Waals surface area contributed by atoms with Gasteiger partial charge in [-0.2, -0.15) is 4.98 Å². The second-order valence-electron chi connectivity index (χ2n) is 3.01. The fourth-order valence-corrected chi connectivity index (χ4v) is 1.39. The summed E-state index contributed by atoms with van der Waals surface area (Å²) in [7, 11) is 1.89. The summed E-state index contributed by atoms with van der Waals surface area (Å²) in [4.78, 5) is 4.28. The average Bonchev–Trinajstić information content (AvgIpc) is 2.54. The van der Waals surface area contributed by atoms with Crippen molar-refractivity contribution in [2.24, 2.45) is 7.05 Å². The molecule has 1 aromatic carbocycles. The summed E-state index contributed by atoms with van der Waals surface area (Å²) in [6.07, 6.45) is 0. The Hall–Kier alpha value is -1.55. The topological polar surface area (TPSA) is 47.3 Å². The van der Waals surface area contributed by atoms with E-state index >= 15 is 0 Å². The first kappa shape index (κ1) is 9.02. The number of hydrogen-bond acceptors (Lipinski definition) is 3. The first-order valence-electron chi connectivity index (χ1n) is 4.48. The number of imidazole rings is 1. The van der Waals surface area contributed by atoms with Gasteiger partial charge in [-0.1, -0.05) is 12.1 Å². The molecule has 0 amide bonds. The number of aromatic nitrogens is 2. The first-order chi connectivity index (χ1) is 6.83. The number of ether oxygens (including phenoxy) is 1. The summed E-state index contributed by atoms with van der Waals surface area (Å²) < 4.78 is 7.14. The molecule has 1 aromatic heterocycles. The van der Waals surface area contributed by atoms with Crippen LogP contribution in [0.25, 0.3) is 11.0 Å². The molecule has 0 atom stereocenters. The molecular weight excluding hydrogens is 180 g/mol. The summed E-state index contributed by atoms with van der Waals surface area (Å²) in [6.45, 7) is 0.278. The Labute approximate surface area is 81.8 Å². The van der Waals surface area contributed by atoms with E-state index < -0.39 is 0 Å². The van der Waals surface area contributed by atoms with Crippen LogP contribution < -0.4 is 4.74 Å². The van der Waals surface area contributed by atoms with Crippen molar-refractivity contribution in [3.05, 3.63) is 24.3 Å². The third-order valence-corrected chi connectivity index (χ3v) is 2.07. The molecular formula is C10H12N2O2. The Bertz CT molecular complexity index is 437. The molecule has 4 nitrogen and oxygen atoms in total. The smallest absolute Gasteiger partial charge is 0.297 e. The molecule has 14 heavy (non-hydrogen) atoms. The quantitative estimate of drug-likeness (QED) is 0.787. The fraction of sp³-hybridized carbons (Fsp3) is 0.300.